The van der Waals surface area contributed by atoms with Crippen LogP contribution in [0, 0.1) is 0 Å². The number of aromatic amines is 1. The molecule has 1 heterocycles. The van der Waals surface area contributed by atoms with Gasteiger partial charge in [0.1, 0.15) is 17.2 Å². The molecule has 1 aromatic heterocycles. The van der Waals surface area contributed by atoms with E-state index in [2.05, 4.69) is 4.98 Å². The van der Waals surface area contributed by atoms with Gasteiger partial charge in [0.25, 0.3) is 5.56 Å². The Hall–Kier alpha value is -3.30. The van der Waals surface area contributed by atoms with Crippen LogP contribution in [0.4, 0.5) is 5.69 Å². The van der Waals surface area contributed by atoms with Crippen LogP contribution in [-0.2, 0) is 10.0 Å². The number of nitrogens with one attached hydrogen (secondary N) is 1. The Morgan fingerprint density at radius 2 is 1.52 bits per heavy atom. The van der Waals surface area contributed by atoms with E-state index in [1.807, 2.05) is 0 Å². The maximum atomic E-state index is 12.3. The predicted molar refractivity (Wildman–Crippen MR) is 109 cm³/mol. The van der Waals surface area contributed by atoms with Gasteiger partial charge >= 0.3 is 0 Å². The van der Waals surface area contributed by atoms with Crippen LogP contribution in [0.25, 0.3) is 0 Å². The van der Waals surface area contributed by atoms with E-state index in [9.17, 15) is 18.3 Å². The van der Waals surface area contributed by atoms with Crippen LogP contribution in [-0.4, -0.2) is 31.9 Å². The molecule has 3 aromatic rings. The van der Waals surface area contributed by atoms with E-state index in [-0.39, 0.29) is 11.3 Å². The van der Waals surface area contributed by atoms with Crippen molar-refractivity contribution < 1.29 is 23.0 Å². The molecular formula is C20H20N2O6S. The standard InChI is InChI=1S/C20H20N2O6S/c1-27-15-9-11-17(12-10-15)28-16-7-5-14(6-8-16)22(29(2,25)26)20(24)18-4-3-13-21-19(18)23/h3-13,20,24H,1-2H3,(H,21,23). The first-order valence-corrected chi connectivity index (χ1v) is 10.4. The molecular weight excluding hydrogens is 396 g/mol. The van der Waals surface area contributed by atoms with Crippen LogP contribution in [0.1, 0.15) is 11.8 Å². The first-order valence-electron chi connectivity index (χ1n) is 8.56. The van der Waals surface area contributed by atoms with Gasteiger partial charge < -0.3 is 19.6 Å². The highest BCUT2D eigenvalue weighted by Gasteiger charge is 2.28. The molecule has 8 nitrogen and oxygen atoms in total. The summed E-state index contributed by atoms with van der Waals surface area (Å²) in [5.74, 6) is 1.75. The molecule has 0 aliphatic carbocycles. The maximum absolute atomic E-state index is 12.3. The summed E-state index contributed by atoms with van der Waals surface area (Å²) in [5.41, 5.74) is -0.477. The molecule has 3 rings (SSSR count). The van der Waals surface area contributed by atoms with Gasteiger partial charge in [-0.15, -0.1) is 0 Å². The first kappa shape index (κ1) is 20.4. The molecule has 0 radical (unpaired) electrons. The number of pyridine rings is 1. The zero-order valence-electron chi connectivity index (χ0n) is 15.8. The van der Waals surface area contributed by atoms with E-state index >= 15 is 0 Å². The van der Waals surface area contributed by atoms with Gasteiger partial charge in [0.05, 0.1) is 24.6 Å². The minimum atomic E-state index is -3.89. The topological polar surface area (TPSA) is 109 Å². The average Bonchev–Trinajstić information content (AvgIpc) is 2.69. The lowest BCUT2D eigenvalue weighted by Gasteiger charge is -2.27. The molecule has 0 bridgehead atoms. The van der Waals surface area contributed by atoms with Gasteiger partial charge in [-0.3, -0.25) is 4.79 Å². The molecule has 152 valence electrons. The summed E-state index contributed by atoms with van der Waals surface area (Å²) in [4.78, 5) is 14.4. The fraction of sp³-hybridized carbons (Fsp3) is 0.150. The Balaban J connectivity index is 1.87. The van der Waals surface area contributed by atoms with Gasteiger partial charge in [-0.1, -0.05) is 0 Å². The Kier molecular flexibility index (Phi) is 5.90. The zero-order valence-corrected chi connectivity index (χ0v) is 16.6. The van der Waals surface area contributed by atoms with Gasteiger partial charge in [0, 0.05) is 6.20 Å². The van der Waals surface area contributed by atoms with Gasteiger partial charge in [-0.25, -0.2) is 12.7 Å². The second-order valence-corrected chi connectivity index (χ2v) is 8.02. The lowest BCUT2D eigenvalue weighted by Crippen LogP contribution is -2.36. The van der Waals surface area contributed by atoms with E-state index < -0.39 is 21.8 Å². The lowest BCUT2D eigenvalue weighted by atomic mass is 10.2. The highest BCUT2D eigenvalue weighted by Crippen LogP contribution is 2.30. The van der Waals surface area contributed by atoms with Crippen LogP contribution in [0.5, 0.6) is 17.2 Å². The second kappa shape index (κ2) is 8.38. The van der Waals surface area contributed by atoms with Gasteiger partial charge in [0.2, 0.25) is 10.0 Å². The Bertz CT molecular complexity index is 1120. The molecule has 0 saturated heterocycles. The zero-order chi connectivity index (χ0) is 21.0. The highest BCUT2D eigenvalue weighted by molar-refractivity contribution is 7.92. The summed E-state index contributed by atoms with van der Waals surface area (Å²) in [6, 6.07) is 16.0. The molecule has 9 heteroatoms. The monoisotopic (exact) mass is 416 g/mol. The molecule has 1 unspecified atom stereocenters. The van der Waals surface area contributed by atoms with Crippen molar-refractivity contribution in [1.82, 2.24) is 4.98 Å². The van der Waals surface area contributed by atoms with Crippen molar-refractivity contribution in [2.45, 2.75) is 6.23 Å². The second-order valence-electron chi connectivity index (χ2n) is 6.16. The van der Waals surface area contributed by atoms with E-state index in [1.54, 1.807) is 43.5 Å². The summed E-state index contributed by atoms with van der Waals surface area (Å²) in [7, 11) is -2.32. The highest BCUT2D eigenvalue weighted by atomic mass is 32.2. The van der Waals surface area contributed by atoms with E-state index in [0.29, 0.717) is 17.2 Å². The van der Waals surface area contributed by atoms with Crippen molar-refractivity contribution in [3.63, 3.8) is 0 Å². The van der Waals surface area contributed by atoms with E-state index in [0.717, 1.165) is 10.6 Å². The Morgan fingerprint density at radius 1 is 0.966 bits per heavy atom. The van der Waals surface area contributed by atoms with Crippen molar-refractivity contribution in [3.8, 4) is 17.2 Å². The number of anilines is 1. The normalized spacial score (nSPS) is 12.2. The molecule has 0 aliphatic rings. The summed E-state index contributed by atoms with van der Waals surface area (Å²) in [6.07, 6.45) is 0.673. The number of aliphatic hydroxyl groups is 1. The number of methoxy groups -OCH3 is 1. The van der Waals surface area contributed by atoms with Crippen molar-refractivity contribution in [1.29, 1.82) is 0 Å². The van der Waals surface area contributed by atoms with Crippen molar-refractivity contribution in [2.24, 2.45) is 0 Å². The van der Waals surface area contributed by atoms with Gasteiger partial charge in [0.15, 0.2) is 6.23 Å². The number of hydrogen-bond donors (Lipinski definition) is 2. The van der Waals surface area contributed by atoms with Crippen molar-refractivity contribution in [3.05, 3.63) is 82.8 Å². The number of aliphatic hydroxyl groups excluding tert-OH is 1. The predicted octanol–water partition coefficient (Wildman–Crippen LogP) is 2.63. The van der Waals surface area contributed by atoms with Crippen LogP contribution < -0.4 is 19.3 Å². The van der Waals surface area contributed by atoms with Crippen LogP contribution in [0.15, 0.2) is 71.7 Å². The third kappa shape index (κ3) is 4.76. The summed E-state index contributed by atoms with van der Waals surface area (Å²) in [6.45, 7) is 0. The number of H-pyrrole nitrogens is 1. The molecule has 0 spiro atoms. The molecule has 0 aliphatic heterocycles. The third-order valence-corrected chi connectivity index (χ3v) is 5.22. The van der Waals surface area contributed by atoms with Gasteiger partial charge in [-0.05, 0) is 60.7 Å². The van der Waals surface area contributed by atoms with Crippen molar-refractivity contribution >= 4 is 15.7 Å². The van der Waals surface area contributed by atoms with Crippen molar-refractivity contribution in [2.75, 3.05) is 17.7 Å². The fourth-order valence-corrected chi connectivity index (χ4v) is 3.70. The Morgan fingerprint density at radius 3 is 2.03 bits per heavy atom. The summed E-state index contributed by atoms with van der Waals surface area (Å²) >= 11 is 0. The smallest absolute Gasteiger partial charge is 0.255 e. The van der Waals surface area contributed by atoms with E-state index in [1.165, 1.54) is 30.5 Å². The van der Waals surface area contributed by atoms with Crippen LogP contribution >= 0.6 is 0 Å². The molecule has 0 saturated carbocycles. The molecule has 0 amide bonds. The molecule has 0 fully saturated rings. The number of rotatable bonds is 7. The quantitative estimate of drug-likeness (QED) is 0.573. The number of hydrogen-bond acceptors (Lipinski definition) is 6. The third-order valence-electron chi connectivity index (χ3n) is 4.09. The number of ether oxygens (including phenoxy) is 2. The molecule has 2 aromatic carbocycles. The first-order chi connectivity index (χ1) is 13.8. The largest absolute Gasteiger partial charge is 0.497 e. The maximum Gasteiger partial charge on any atom is 0.255 e. The fourth-order valence-electron chi connectivity index (χ4n) is 2.72. The lowest BCUT2D eigenvalue weighted by molar-refractivity contribution is 0.188. The molecule has 1 atom stereocenters. The summed E-state index contributed by atoms with van der Waals surface area (Å²) < 4.78 is 36.2. The average molecular weight is 416 g/mol. The van der Waals surface area contributed by atoms with E-state index in [4.69, 9.17) is 9.47 Å². The molecule has 29 heavy (non-hydrogen) atoms. The number of aromatic nitrogens is 1. The minimum Gasteiger partial charge on any atom is -0.497 e. The van der Waals surface area contributed by atoms with Gasteiger partial charge in [-0.2, -0.15) is 0 Å². The Labute approximate surface area is 168 Å². The number of benzene rings is 2. The minimum absolute atomic E-state index is 0.0866. The number of nitrogens with zero attached hydrogens (tertiary/aromatic N) is 1. The number of sulfonamides is 1. The van der Waals surface area contributed by atoms with Crippen LogP contribution in [0.3, 0.4) is 0 Å². The van der Waals surface area contributed by atoms with Crippen LogP contribution in [0.2, 0.25) is 0 Å². The summed E-state index contributed by atoms with van der Waals surface area (Å²) in [5, 5.41) is 10.6. The SMILES string of the molecule is COc1ccc(Oc2ccc(N(C(O)c3ccc[nH]c3=O)S(C)(=O)=O)cc2)cc1. The molecule has 2 N–H and O–H groups in total.